The van der Waals surface area contributed by atoms with Crippen molar-refractivity contribution in [3.8, 4) is 0 Å². The van der Waals surface area contributed by atoms with E-state index in [-0.39, 0.29) is 11.5 Å². The fourth-order valence-electron chi connectivity index (χ4n) is 1.79. The number of hydrogen-bond donors (Lipinski definition) is 0. The van der Waals surface area contributed by atoms with Crippen LogP contribution < -0.4 is 0 Å². The van der Waals surface area contributed by atoms with Crippen LogP contribution in [-0.2, 0) is 19.1 Å². The number of ether oxygens (including phenoxy) is 2. The minimum absolute atomic E-state index is 0.0113. The lowest BCUT2D eigenvalue weighted by Crippen LogP contribution is -2.01. The Morgan fingerprint density at radius 3 is 2.74 bits per heavy atom. The zero-order valence-corrected chi connectivity index (χ0v) is 11.0. The van der Waals surface area contributed by atoms with E-state index in [9.17, 15) is 9.59 Å². The maximum atomic E-state index is 11.7. The number of esters is 1. The molecule has 4 nitrogen and oxygen atoms in total. The van der Waals surface area contributed by atoms with Crippen LogP contribution in [0.5, 0.6) is 0 Å². The molecule has 98 valence electrons. The summed E-state index contributed by atoms with van der Waals surface area (Å²) in [5.41, 5.74) is 2.92. The van der Waals surface area contributed by atoms with E-state index in [1.54, 1.807) is 0 Å². The molecule has 0 aliphatic carbocycles. The van der Waals surface area contributed by atoms with Gasteiger partial charge in [0.2, 0.25) is 5.78 Å². The smallest absolute Gasteiger partial charge is 0.334 e. The minimum Gasteiger partial charge on any atom is -0.466 e. The second kappa shape index (κ2) is 5.10. The summed E-state index contributed by atoms with van der Waals surface area (Å²) in [6.07, 6.45) is 2.44. The lowest BCUT2D eigenvalue weighted by atomic mass is 10.0. The Kier molecular flexibility index (Phi) is 3.51. The molecule has 1 aromatic rings. The van der Waals surface area contributed by atoms with E-state index >= 15 is 0 Å². The van der Waals surface area contributed by atoms with Crippen molar-refractivity contribution in [1.29, 1.82) is 0 Å². The maximum Gasteiger partial charge on any atom is 0.334 e. The SMILES string of the molecule is COC(=O)/C=C1\OC(c2cc(C)ccc2C)=CC1=O. The molecule has 0 amide bonds. The fourth-order valence-corrected chi connectivity index (χ4v) is 1.79. The van der Waals surface area contributed by atoms with E-state index in [1.165, 1.54) is 13.2 Å². The van der Waals surface area contributed by atoms with Crippen LogP contribution in [-0.4, -0.2) is 18.9 Å². The molecule has 4 heteroatoms. The largest absolute Gasteiger partial charge is 0.466 e. The van der Waals surface area contributed by atoms with Gasteiger partial charge in [0, 0.05) is 11.6 Å². The highest BCUT2D eigenvalue weighted by molar-refractivity contribution is 6.12. The van der Waals surface area contributed by atoms with Crippen molar-refractivity contribution in [2.45, 2.75) is 13.8 Å². The summed E-state index contributed by atoms with van der Waals surface area (Å²) in [4.78, 5) is 22.9. The molecule has 0 radical (unpaired) electrons. The number of methoxy groups -OCH3 is 1. The lowest BCUT2D eigenvalue weighted by molar-refractivity contribution is -0.135. The fraction of sp³-hybridized carbons (Fsp3) is 0.200. The summed E-state index contributed by atoms with van der Waals surface area (Å²) in [5, 5.41) is 0. The van der Waals surface area contributed by atoms with Crippen LogP contribution in [0.15, 0.2) is 36.1 Å². The minimum atomic E-state index is -0.612. The van der Waals surface area contributed by atoms with Gasteiger partial charge in [-0.3, -0.25) is 4.79 Å². The monoisotopic (exact) mass is 258 g/mol. The van der Waals surface area contributed by atoms with Crippen molar-refractivity contribution in [2.75, 3.05) is 7.11 Å². The number of rotatable bonds is 2. The summed E-state index contributed by atoms with van der Waals surface area (Å²) >= 11 is 0. The third-order valence-corrected chi connectivity index (χ3v) is 2.83. The van der Waals surface area contributed by atoms with Gasteiger partial charge in [0.05, 0.1) is 13.2 Å². The van der Waals surface area contributed by atoms with Gasteiger partial charge in [-0.2, -0.15) is 0 Å². The third kappa shape index (κ3) is 2.73. The van der Waals surface area contributed by atoms with Gasteiger partial charge < -0.3 is 9.47 Å². The van der Waals surface area contributed by atoms with Gasteiger partial charge in [-0.15, -0.1) is 0 Å². The van der Waals surface area contributed by atoms with Crippen molar-refractivity contribution in [2.24, 2.45) is 0 Å². The molecule has 19 heavy (non-hydrogen) atoms. The number of carbonyl (C=O) groups excluding carboxylic acids is 2. The molecule has 0 saturated heterocycles. The molecule has 0 saturated carbocycles. The first-order valence-corrected chi connectivity index (χ1v) is 5.82. The molecule has 0 N–H and O–H groups in total. The summed E-state index contributed by atoms with van der Waals surface area (Å²) in [7, 11) is 1.25. The quantitative estimate of drug-likeness (QED) is 0.603. The molecule has 1 aromatic carbocycles. The van der Waals surface area contributed by atoms with Crippen LogP contribution in [0.25, 0.3) is 5.76 Å². The third-order valence-electron chi connectivity index (χ3n) is 2.83. The Labute approximate surface area is 111 Å². The van der Waals surface area contributed by atoms with Gasteiger partial charge in [-0.05, 0) is 25.5 Å². The van der Waals surface area contributed by atoms with Gasteiger partial charge in [0.25, 0.3) is 0 Å². The zero-order chi connectivity index (χ0) is 14.0. The highest BCUT2D eigenvalue weighted by Crippen LogP contribution is 2.29. The van der Waals surface area contributed by atoms with Crippen molar-refractivity contribution in [3.63, 3.8) is 0 Å². The van der Waals surface area contributed by atoms with Gasteiger partial charge in [-0.25, -0.2) is 4.79 Å². The summed E-state index contributed by atoms with van der Waals surface area (Å²) < 4.78 is 9.91. The van der Waals surface area contributed by atoms with Gasteiger partial charge in [-0.1, -0.05) is 17.7 Å². The first-order chi connectivity index (χ1) is 9.01. The van der Waals surface area contributed by atoms with Crippen LogP contribution in [0.1, 0.15) is 16.7 Å². The average molecular weight is 258 g/mol. The Morgan fingerprint density at radius 2 is 2.05 bits per heavy atom. The second-order valence-corrected chi connectivity index (χ2v) is 4.33. The van der Waals surface area contributed by atoms with Crippen LogP contribution in [0.4, 0.5) is 0 Å². The van der Waals surface area contributed by atoms with Gasteiger partial charge in [0.15, 0.2) is 5.76 Å². The molecule has 1 heterocycles. The Morgan fingerprint density at radius 1 is 1.32 bits per heavy atom. The lowest BCUT2D eigenvalue weighted by Gasteiger charge is -2.08. The van der Waals surface area contributed by atoms with Crippen LogP contribution in [0, 0.1) is 13.8 Å². The second-order valence-electron chi connectivity index (χ2n) is 4.33. The first kappa shape index (κ1) is 13.1. The Bertz CT molecular complexity index is 609. The molecule has 0 aromatic heterocycles. The summed E-state index contributed by atoms with van der Waals surface area (Å²) in [6.45, 7) is 3.90. The Hall–Kier alpha value is -2.36. The number of ketones is 1. The van der Waals surface area contributed by atoms with Crippen LogP contribution in [0.3, 0.4) is 0 Å². The maximum absolute atomic E-state index is 11.7. The van der Waals surface area contributed by atoms with Crippen molar-refractivity contribution in [1.82, 2.24) is 0 Å². The van der Waals surface area contributed by atoms with E-state index in [0.29, 0.717) is 5.76 Å². The topological polar surface area (TPSA) is 52.6 Å². The van der Waals surface area contributed by atoms with Crippen LogP contribution in [0.2, 0.25) is 0 Å². The van der Waals surface area contributed by atoms with E-state index in [1.807, 2.05) is 32.0 Å². The van der Waals surface area contributed by atoms with E-state index in [4.69, 9.17) is 4.74 Å². The number of carbonyl (C=O) groups is 2. The summed E-state index contributed by atoms with van der Waals surface area (Å²) in [6, 6.07) is 5.89. The number of aryl methyl sites for hydroxylation is 2. The number of allylic oxidation sites excluding steroid dienone is 1. The molecular weight excluding hydrogens is 244 g/mol. The molecule has 1 aliphatic rings. The van der Waals surface area contributed by atoms with Gasteiger partial charge >= 0.3 is 5.97 Å². The molecule has 0 fully saturated rings. The highest BCUT2D eigenvalue weighted by Gasteiger charge is 2.24. The van der Waals surface area contributed by atoms with Gasteiger partial charge in [0.1, 0.15) is 5.76 Å². The number of benzene rings is 1. The Balaban J connectivity index is 2.32. The highest BCUT2D eigenvalue weighted by atomic mass is 16.5. The predicted molar refractivity (Wildman–Crippen MR) is 70.1 cm³/mol. The molecule has 1 aliphatic heterocycles. The molecule has 0 bridgehead atoms. The number of hydrogen-bond acceptors (Lipinski definition) is 4. The van der Waals surface area contributed by atoms with E-state index < -0.39 is 5.97 Å². The summed E-state index contributed by atoms with van der Waals surface area (Å²) in [5.74, 6) is -0.496. The predicted octanol–water partition coefficient (Wildman–Crippen LogP) is 2.30. The van der Waals surface area contributed by atoms with Crippen LogP contribution >= 0.6 is 0 Å². The average Bonchev–Trinajstić information content (AvgIpc) is 2.73. The van der Waals surface area contributed by atoms with Crippen molar-refractivity contribution in [3.05, 3.63) is 52.8 Å². The van der Waals surface area contributed by atoms with Crippen molar-refractivity contribution >= 4 is 17.5 Å². The zero-order valence-electron chi connectivity index (χ0n) is 11.0. The molecular formula is C15H14O4. The van der Waals surface area contributed by atoms with E-state index in [2.05, 4.69) is 4.74 Å². The first-order valence-electron chi connectivity index (χ1n) is 5.82. The van der Waals surface area contributed by atoms with Crippen molar-refractivity contribution < 1.29 is 19.1 Å². The molecule has 0 unspecified atom stereocenters. The normalized spacial score (nSPS) is 16.3. The molecule has 0 atom stereocenters. The molecule has 0 spiro atoms. The standard InChI is InChI=1S/C15H14O4/c1-9-4-5-10(2)11(6-9)13-7-12(16)14(19-13)8-15(17)18-3/h4-8H,1-3H3/b14-8-. The molecule has 2 rings (SSSR count). The van der Waals surface area contributed by atoms with E-state index in [0.717, 1.165) is 22.8 Å².